The number of carbonyl (C=O) groups is 2. The van der Waals surface area contributed by atoms with Gasteiger partial charge in [0.05, 0.1) is 5.92 Å². The van der Waals surface area contributed by atoms with Gasteiger partial charge < -0.3 is 14.2 Å². The standard InChI is InChI=1S/C12H20O5/c1-7-6-15-11(14)16-9(7)8(2)10(13)17-12(3,4)5/h7-9H,6H2,1-5H3/t7-,8-,9-/m1/s1. The van der Waals surface area contributed by atoms with Gasteiger partial charge in [0.15, 0.2) is 0 Å². The van der Waals surface area contributed by atoms with Gasteiger partial charge in [-0.05, 0) is 27.7 Å². The third-order valence-corrected chi connectivity index (χ3v) is 2.53. The van der Waals surface area contributed by atoms with Gasteiger partial charge >= 0.3 is 12.1 Å². The fourth-order valence-electron chi connectivity index (χ4n) is 1.68. The lowest BCUT2D eigenvalue weighted by Crippen LogP contribution is -2.43. The Morgan fingerprint density at radius 2 is 2.06 bits per heavy atom. The van der Waals surface area contributed by atoms with Crippen molar-refractivity contribution in [2.45, 2.75) is 46.3 Å². The molecule has 0 unspecified atom stereocenters. The van der Waals surface area contributed by atoms with Crippen molar-refractivity contribution in [2.75, 3.05) is 6.61 Å². The van der Waals surface area contributed by atoms with Crippen molar-refractivity contribution in [1.82, 2.24) is 0 Å². The lowest BCUT2D eigenvalue weighted by atomic mass is 9.93. The van der Waals surface area contributed by atoms with Crippen LogP contribution in [0.25, 0.3) is 0 Å². The summed E-state index contributed by atoms with van der Waals surface area (Å²) in [7, 11) is 0. The Balaban J connectivity index is 2.64. The van der Waals surface area contributed by atoms with Crippen LogP contribution in [0.1, 0.15) is 34.6 Å². The Hall–Kier alpha value is -1.26. The molecular formula is C12H20O5. The maximum atomic E-state index is 11.9. The summed E-state index contributed by atoms with van der Waals surface area (Å²) in [6.45, 7) is 9.26. The molecule has 1 aliphatic heterocycles. The van der Waals surface area contributed by atoms with E-state index in [1.165, 1.54) is 0 Å². The molecule has 0 aromatic heterocycles. The van der Waals surface area contributed by atoms with Crippen molar-refractivity contribution in [3.63, 3.8) is 0 Å². The number of esters is 1. The molecule has 0 amide bonds. The predicted octanol–water partition coefficient (Wildman–Crippen LogP) is 2.14. The fraction of sp³-hybridized carbons (Fsp3) is 0.833. The number of rotatable bonds is 2. The van der Waals surface area contributed by atoms with Crippen LogP contribution >= 0.6 is 0 Å². The highest BCUT2D eigenvalue weighted by Gasteiger charge is 2.38. The van der Waals surface area contributed by atoms with Crippen molar-refractivity contribution in [1.29, 1.82) is 0 Å². The van der Waals surface area contributed by atoms with E-state index in [0.717, 1.165) is 0 Å². The summed E-state index contributed by atoms with van der Waals surface area (Å²) in [6, 6.07) is 0. The highest BCUT2D eigenvalue weighted by molar-refractivity contribution is 5.74. The van der Waals surface area contributed by atoms with Crippen LogP contribution in [0.2, 0.25) is 0 Å². The quantitative estimate of drug-likeness (QED) is 0.696. The van der Waals surface area contributed by atoms with E-state index in [9.17, 15) is 9.59 Å². The minimum Gasteiger partial charge on any atom is -0.460 e. The third-order valence-electron chi connectivity index (χ3n) is 2.53. The Morgan fingerprint density at radius 3 is 2.59 bits per heavy atom. The molecule has 0 aromatic carbocycles. The molecule has 0 aliphatic carbocycles. The van der Waals surface area contributed by atoms with Crippen molar-refractivity contribution in [3.05, 3.63) is 0 Å². The molecule has 0 aromatic rings. The second-order valence-corrected chi connectivity index (χ2v) is 5.44. The summed E-state index contributed by atoms with van der Waals surface area (Å²) in [5.41, 5.74) is -0.538. The highest BCUT2D eigenvalue weighted by atomic mass is 16.7. The van der Waals surface area contributed by atoms with Gasteiger partial charge in [0, 0.05) is 5.92 Å². The third kappa shape index (κ3) is 3.91. The van der Waals surface area contributed by atoms with E-state index in [1.54, 1.807) is 27.7 Å². The summed E-state index contributed by atoms with van der Waals surface area (Å²) >= 11 is 0. The van der Waals surface area contributed by atoms with Crippen LogP contribution < -0.4 is 0 Å². The van der Waals surface area contributed by atoms with Gasteiger partial charge in [-0.15, -0.1) is 0 Å². The van der Waals surface area contributed by atoms with E-state index in [-0.39, 0.29) is 18.5 Å². The van der Waals surface area contributed by atoms with E-state index in [2.05, 4.69) is 0 Å². The Bertz CT molecular complexity index is 305. The van der Waals surface area contributed by atoms with Gasteiger partial charge in [0.1, 0.15) is 18.3 Å². The van der Waals surface area contributed by atoms with E-state index in [4.69, 9.17) is 14.2 Å². The van der Waals surface area contributed by atoms with Gasteiger partial charge in [0.2, 0.25) is 0 Å². The molecule has 0 N–H and O–H groups in total. The van der Waals surface area contributed by atoms with Crippen LogP contribution in [-0.4, -0.2) is 30.4 Å². The molecule has 17 heavy (non-hydrogen) atoms. The first-order valence-electron chi connectivity index (χ1n) is 5.77. The topological polar surface area (TPSA) is 61.8 Å². The minimum absolute atomic E-state index is 0.0183. The van der Waals surface area contributed by atoms with Crippen molar-refractivity contribution < 1.29 is 23.8 Å². The maximum Gasteiger partial charge on any atom is 0.508 e. The molecule has 0 bridgehead atoms. The highest BCUT2D eigenvalue weighted by Crippen LogP contribution is 2.24. The molecule has 5 heteroatoms. The molecule has 1 aliphatic rings. The van der Waals surface area contributed by atoms with Crippen molar-refractivity contribution >= 4 is 12.1 Å². The minimum atomic E-state index is -0.719. The molecule has 98 valence electrons. The van der Waals surface area contributed by atoms with Gasteiger partial charge in [-0.1, -0.05) is 6.92 Å². The summed E-state index contributed by atoms with van der Waals surface area (Å²) < 4.78 is 15.0. The fourth-order valence-corrected chi connectivity index (χ4v) is 1.68. The second kappa shape index (κ2) is 4.94. The van der Waals surface area contributed by atoms with Gasteiger partial charge in [-0.2, -0.15) is 0 Å². The molecule has 1 fully saturated rings. The molecule has 0 spiro atoms. The lowest BCUT2D eigenvalue weighted by Gasteiger charge is -2.32. The summed E-state index contributed by atoms with van der Waals surface area (Å²) in [5.74, 6) is -0.864. The average Bonchev–Trinajstić information content (AvgIpc) is 2.18. The zero-order valence-corrected chi connectivity index (χ0v) is 11.0. The van der Waals surface area contributed by atoms with E-state index >= 15 is 0 Å². The van der Waals surface area contributed by atoms with E-state index < -0.39 is 23.8 Å². The van der Waals surface area contributed by atoms with Gasteiger partial charge in [-0.3, -0.25) is 4.79 Å². The van der Waals surface area contributed by atoms with Crippen molar-refractivity contribution in [3.8, 4) is 0 Å². The molecule has 1 heterocycles. The van der Waals surface area contributed by atoms with Crippen LogP contribution in [0.15, 0.2) is 0 Å². The number of hydrogen-bond donors (Lipinski definition) is 0. The molecule has 5 nitrogen and oxygen atoms in total. The first-order valence-corrected chi connectivity index (χ1v) is 5.77. The second-order valence-electron chi connectivity index (χ2n) is 5.44. The van der Waals surface area contributed by atoms with Crippen LogP contribution in [0.3, 0.4) is 0 Å². The Morgan fingerprint density at radius 1 is 1.47 bits per heavy atom. The van der Waals surface area contributed by atoms with Gasteiger partial charge in [0.25, 0.3) is 0 Å². The summed E-state index contributed by atoms with van der Waals surface area (Å²) in [4.78, 5) is 22.9. The monoisotopic (exact) mass is 244 g/mol. The SMILES string of the molecule is C[C@@H]1COC(=O)O[C@H]1[C@@H](C)C(=O)OC(C)(C)C. The van der Waals surface area contributed by atoms with Crippen molar-refractivity contribution in [2.24, 2.45) is 11.8 Å². The molecule has 3 atom stereocenters. The number of hydrogen-bond acceptors (Lipinski definition) is 5. The lowest BCUT2D eigenvalue weighted by molar-refractivity contribution is -0.167. The molecular weight excluding hydrogens is 224 g/mol. The van der Waals surface area contributed by atoms with E-state index in [0.29, 0.717) is 0 Å². The number of carbonyl (C=O) groups excluding carboxylic acids is 2. The van der Waals surface area contributed by atoms with E-state index in [1.807, 2.05) is 6.92 Å². The molecule has 1 saturated heterocycles. The predicted molar refractivity (Wildman–Crippen MR) is 60.4 cm³/mol. The first kappa shape index (κ1) is 13.8. The number of ether oxygens (including phenoxy) is 3. The molecule has 1 rings (SSSR count). The zero-order valence-electron chi connectivity index (χ0n) is 11.0. The molecule has 0 saturated carbocycles. The smallest absolute Gasteiger partial charge is 0.460 e. The van der Waals surface area contributed by atoms with Crippen LogP contribution in [-0.2, 0) is 19.0 Å². The normalized spacial score (nSPS) is 26.8. The zero-order chi connectivity index (χ0) is 13.2. The van der Waals surface area contributed by atoms with Crippen LogP contribution in [0, 0.1) is 11.8 Å². The summed E-state index contributed by atoms with van der Waals surface area (Å²) in [6.07, 6.45) is -1.20. The number of cyclic esters (lactones) is 2. The molecule has 0 radical (unpaired) electrons. The average molecular weight is 244 g/mol. The Kier molecular flexibility index (Phi) is 4.01. The van der Waals surface area contributed by atoms with Gasteiger partial charge in [-0.25, -0.2) is 4.79 Å². The Labute approximate surface area is 101 Å². The largest absolute Gasteiger partial charge is 0.508 e. The maximum absolute atomic E-state index is 11.9. The van der Waals surface area contributed by atoms with Crippen LogP contribution in [0.4, 0.5) is 4.79 Å². The van der Waals surface area contributed by atoms with Crippen LogP contribution in [0.5, 0.6) is 0 Å². The summed E-state index contributed by atoms with van der Waals surface area (Å²) in [5, 5.41) is 0. The first-order chi connectivity index (χ1) is 7.70.